The molecule has 2 bridgehead atoms. The average molecular weight is 210 g/mol. The Morgan fingerprint density at radius 3 is 2.00 bits per heavy atom. The van der Waals surface area contributed by atoms with Crippen LogP contribution in [-0.2, 0) is 0 Å². The lowest BCUT2D eigenvalue weighted by Gasteiger charge is -2.51. The van der Waals surface area contributed by atoms with Crippen molar-refractivity contribution < 1.29 is 5.11 Å². The van der Waals surface area contributed by atoms with Crippen molar-refractivity contribution in [3.8, 4) is 0 Å². The molecule has 0 aliphatic heterocycles. The highest BCUT2D eigenvalue weighted by atomic mass is 16.3. The van der Waals surface area contributed by atoms with Crippen molar-refractivity contribution >= 4 is 0 Å². The SMILES string of the molecule is CCCCCCC12CCC(O)(CC1)CC2. The zero-order chi connectivity index (χ0) is 10.8. The molecule has 0 unspecified atom stereocenters. The summed E-state index contributed by atoms with van der Waals surface area (Å²) in [4.78, 5) is 0. The van der Waals surface area contributed by atoms with Crippen molar-refractivity contribution in [3.05, 3.63) is 0 Å². The van der Waals surface area contributed by atoms with Crippen molar-refractivity contribution in [2.45, 2.75) is 83.2 Å². The lowest BCUT2D eigenvalue weighted by atomic mass is 9.57. The molecule has 0 atom stereocenters. The predicted octanol–water partition coefficient (Wildman–Crippen LogP) is 4.04. The van der Waals surface area contributed by atoms with Gasteiger partial charge in [0.1, 0.15) is 0 Å². The van der Waals surface area contributed by atoms with Gasteiger partial charge in [-0.15, -0.1) is 0 Å². The van der Waals surface area contributed by atoms with Crippen LogP contribution in [0.2, 0.25) is 0 Å². The molecule has 3 fully saturated rings. The molecule has 88 valence electrons. The predicted molar refractivity (Wildman–Crippen MR) is 63.8 cm³/mol. The lowest BCUT2D eigenvalue weighted by molar-refractivity contribution is -0.0948. The van der Waals surface area contributed by atoms with E-state index in [0.717, 1.165) is 19.3 Å². The summed E-state index contributed by atoms with van der Waals surface area (Å²) in [7, 11) is 0. The molecule has 0 aromatic heterocycles. The fourth-order valence-electron chi connectivity index (χ4n) is 3.55. The third kappa shape index (κ3) is 2.55. The van der Waals surface area contributed by atoms with E-state index < -0.39 is 0 Å². The van der Waals surface area contributed by atoms with Gasteiger partial charge in [-0.3, -0.25) is 0 Å². The Hall–Kier alpha value is -0.0400. The molecule has 1 nitrogen and oxygen atoms in total. The summed E-state index contributed by atoms with van der Waals surface area (Å²) >= 11 is 0. The first kappa shape index (κ1) is 11.4. The first-order valence-electron chi connectivity index (χ1n) is 6.91. The number of unbranched alkanes of at least 4 members (excludes halogenated alkanes) is 3. The van der Waals surface area contributed by atoms with Gasteiger partial charge in [0.15, 0.2) is 0 Å². The molecule has 3 aliphatic rings. The summed E-state index contributed by atoms with van der Waals surface area (Å²) in [5.74, 6) is 0. The summed E-state index contributed by atoms with van der Waals surface area (Å²) in [6.45, 7) is 2.28. The fourth-order valence-corrected chi connectivity index (χ4v) is 3.55. The van der Waals surface area contributed by atoms with Gasteiger partial charge in [-0.05, 0) is 50.4 Å². The summed E-state index contributed by atoms with van der Waals surface area (Å²) in [6, 6.07) is 0. The van der Waals surface area contributed by atoms with Gasteiger partial charge < -0.3 is 5.11 Å². The van der Waals surface area contributed by atoms with E-state index in [1.54, 1.807) is 0 Å². The van der Waals surface area contributed by atoms with E-state index in [1.165, 1.54) is 51.4 Å². The van der Waals surface area contributed by atoms with Crippen LogP contribution in [0.5, 0.6) is 0 Å². The quantitative estimate of drug-likeness (QED) is 0.679. The highest BCUT2D eigenvalue weighted by Gasteiger charge is 2.46. The molecule has 0 spiro atoms. The van der Waals surface area contributed by atoms with Crippen LogP contribution in [0.1, 0.15) is 77.6 Å². The maximum Gasteiger partial charge on any atom is 0.0648 e. The topological polar surface area (TPSA) is 20.2 Å². The molecule has 3 aliphatic carbocycles. The van der Waals surface area contributed by atoms with E-state index in [1.807, 2.05) is 0 Å². The Balaban J connectivity index is 1.77. The van der Waals surface area contributed by atoms with Crippen LogP contribution in [0.4, 0.5) is 0 Å². The maximum atomic E-state index is 10.1. The second kappa shape index (κ2) is 4.45. The maximum absolute atomic E-state index is 10.1. The molecule has 0 amide bonds. The zero-order valence-electron chi connectivity index (χ0n) is 10.2. The fraction of sp³-hybridized carbons (Fsp3) is 1.00. The van der Waals surface area contributed by atoms with Gasteiger partial charge >= 0.3 is 0 Å². The Kier molecular flexibility index (Phi) is 3.39. The van der Waals surface area contributed by atoms with E-state index in [-0.39, 0.29) is 5.60 Å². The molecular formula is C14H26O. The van der Waals surface area contributed by atoms with Crippen molar-refractivity contribution in [2.75, 3.05) is 0 Å². The van der Waals surface area contributed by atoms with Crippen LogP contribution in [-0.4, -0.2) is 10.7 Å². The van der Waals surface area contributed by atoms with Crippen LogP contribution in [0.3, 0.4) is 0 Å². The summed E-state index contributed by atoms with van der Waals surface area (Å²) in [5.41, 5.74) is 0.406. The molecular weight excluding hydrogens is 184 g/mol. The highest BCUT2D eigenvalue weighted by Crippen LogP contribution is 2.54. The van der Waals surface area contributed by atoms with Crippen LogP contribution in [0, 0.1) is 5.41 Å². The van der Waals surface area contributed by atoms with Crippen LogP contribution < -0.4 is 0 Å². The normalized spacial score (nSPS) is 39.6. The minimum Gasteiger partial charge on any atom is -0.390 e. The van der Waals surface area contributed by atoms with E-state index in [4.69, 9.17) is 0 Å². The van der Waals surface area contributed by atoms with Crippen molar-refractivity contribution in [1.29, 1.82) is 0 Å². The second-order valence-corrected chi connectivity index (χ2v) is 6.04. The smallest absolute Gasteiger partial charge is 0.0648 e. The monoisotopic (exact) mass is 210 g/mol. The molecule has 3 saturated carbocycles. The van der Waals surface area contributed by atoms with Gasteiger partial charge in [-0.2, -0.15) is 0 Å². The molecule has 3 rings (SSSR count). The minimum absolute atomic E-state index is 0.245. The van der Waals surface area contributed by atoms with Gasteiger partial charge in [0.25, 0.3) is 0 Å². The van der Waals surface area contributed by atoms with E-state index in [9.17, 15) is 5.11 Å². The second-order valence-electron chi connectivity index (χ2n) is 6.04. The van der Waals surface area contributed by atoms with E-state index in [2.05, 4.69) is 6.92 Å². The number of aliphatic hydroxyl groups is 1. The first-order chi connectivity index (χ1) is 7.18. The molecule has 0 saturated heterocycles. The van der Waals surface area contributed by atoms with Crippen LogP contribution >= 0.6 is 0 Å². The minimum atomic E-state index is -0.245. The average Bonchev–Trinajstić information content (AvgIpc) is 2.27. The van der Waals surface area contributed by atoms with Gasteiger partial charge in [-0.1, -0.05) is 32.6 Å². The van der Waals surface area contributed by atoms with Crippen molar-refractivity contribution in [3.63, 3.8) is 0 Å². The number of fused-ring (bicyclic) bond motifs is 3. The Bertz CT molecular complexity index is 185. The zero-order valence-corrected chi connectivity index (χ0v) is 10.2. The van der Waals surface area contributed by atoms with Crippen LogP contribution in [0.15, 0.2) is 0 Å². The first-order valence-corrected chi connectivity index (χ1v) is 6.91. The van der Waals surface area contributed by atoms with Gasteiger partial charge in [-0.25, -0.2) is 0 Å². The van der Waals surface area contributed by atoms with Gasteiger partial charge in [0, 0.05) is 0 Å². The lowest BCUT2D eigenvalue weighted by Crippen LogP contribution is -2.45. The molecule has 0 radical (unpaired) electrons. The standard InChI is InChI=1S/C14H26O/c1-2-3-4-5-6-13-7-10-14(15,11-8-13)12-9-13/h15H,2-12H2,1H3. The third-order valence-corrected chi connectivity index (χ3v) is 4.92. The highest BCUT2D eigenvalue weighted by molar-refractivity contribution is 4.99. The summed E-state index contributed by atoms with van der Waals surface area (Å²) < 4.78 is 0. The van der Waals surface area contributed by atoms with Crippen LogP contribution in [0.25, 0.3) is 0 Å². The number of rotatable bonds is 5. The third-order valence-electron chi connectivity index (χ3n) is 4.92. The Labute approximate surface area is 94.3 Å². The molecule has 0 aromatic carbocycles. The van der Waals surface area contributed by atoms with Gasteiger partial charge in [0.2, 0.25) is 0 Å². The number of hydrogen-bond donors (Lipinski definition) is 1. The van der Waals surface area contributed by atoms with Crippen molar-refractivity contribution in [2.24, 2.45) is 5.41 Å². The molecule has 1 heteroatoms. The van der Waals surface area contributed by atoms with E-state index >= 15 is 0 Å². The number of hydrogen-bond acceptors (Lipinski definition) is 1. The van der Waals surface area contributed by atoms with Crippen molar-refractivity contribution in [1.82, 2.24) is 0 Å². The molecule has 0 aromatic rings. The Morgan fingerprint density at radius 2 is 1.47 bits per heavy atom. The Morgan fingerprint density at radius 1 is 0.867 bits per heavy atom. The summed E-state index contributed by atoms with van der Waals surface area (Å²) in [6.07, 6.45) is 14.2. The molecule has 0 heterocycles. The van der Waals surface area contributed by atoms with E-state index in [0.29, 0.717) is 5.41 Å². The molecule has 15 heavy (non-hydrogen) atoms. The largest absolute Gasteiger partial charge is 0.390 e. The van der Waals surface area contributed by atoms with Gasteiger partial charge in [0.05, 0.1) is 5.60 Å². The summed E-state index contributed by atoms with van der Waals surface area (Å²) in [5, 5.41) is 10.1. The molecule has 1 N–H and O–H groups in total.